The van der Waals surface area contributed by atoms with Crippen molar-refractivity contribution in [2.75, 3.05) is 0 Å². The van der Waals surface area contributed by atoms with Crippen LogP contribution in [0.25, 0.3) is 0 Å². The van der Waals surface area contributed by atoms with Gasteiger partial charge in [-0.25, -0.2) is 0 Å². The van der Waals surface area contributed by atoms with Gasteiger partial charge in [-0.2, -0.15) is 0 Å². The molecule has 0 N–H and O–H groups in total. The minimum atomic E-state index is 0.402. The summed E-state index contributed by atoms with van der Waals surface area (Å²) in [6.45, 7) is 4.43. The number of ketones is 1. The van der Waals surface area contributed by atoms with Gasteiger partial charge in [0, 0.05) is 12.3 Å². The molecule has 70 valence electrons. The van der Waals surface area contributed by atoms with E-state index in [0.29, 0.717) is 17.6 Å². The fraction of sp³-hybridized carbons (Fsp3) is 0.909. The molecule has 0 amide bonds. The number of hydrogen-bond acceptors (Lipinski definition) is 1. The Balaban J connectivity index is 2.42. The van der Waals surface area contributed by atoms with E-state index in [2.05, 4.69) is 13.8 Å². The van der Waals surface area contributed by atoms with Gasteiger partial charge in [0.05, 0.1) is 0 Å². The van der Waals surface area contributed by atoms with Crippen molar-refractivity contribution in [3.8, 4) is 0 Å². The standard InChI is InChI=1S/C11H20O/c1-3-6-9(2)10-7-4-5-8-11(10)12/h9-10H,3-8H2,1-2H3. The molecule has 0 aliphatic heterocycles. The van der Waals surface area contributed by atoms with Gasteiger partial charge < -0.3 is 0 Å². The monoisotopic (exact) mass is 168 g/mol. The Morgan fingerprint density at radius 2 is 2.25 bits per heavy atom. The van der Waals surface area contributed by atoms with Crippen LogP contribution >= 0.6 is 0 Å². The van der Waals surface area contributed by atoms with Gasteiger partial charge in [-0.3, -0.25) is 4.79 Å². The van der Waals surface area contributed by atoms with Crippen molar-refractivity contribution >= 4 is 5.78 Å². The molecule has 2 atom stereocenters. The Labute approximate surface area is 75.5 Å². The second-order valence-electron chi connectivity index (χ2n) is 4.08. The average Bonchev–Trinajstić information content (AvgIpc) is 2.05. The summed E-state index contributed by atoms with van der Waals surface area (Å²) >= 11 is 0. The van der Waals surface area contributed by atoms with Crippen LogP contribution in [0.15, 0.2) is 0 Å². The molecule has 0 heterocycles. The van der Waals surface area contributed by atoms with Crippen LogP contribution in [0.3, 0.4) is 0 Å². The van der Waals surface area contributed by atoms with Crippen LogP contribution in [0.2, 0.25) is 0 Å². The van der Waals surface area contributed by atoms with E-state index >= 15 is 0 Å². The van der Waals surface area contributed by atoms with Crippen molar-refractivity contribution in [1.82, 2.24) is 0 Å². The second-order valence-corrected chi connectivity index (χ2v) is 4.08. The predicted molar refractivity (Wildman–Crippen MR) is 51.0 cm³/mol. The highest BCUT2D eigenvalue weighted by Crippen LogP contribution is 2.29. The summed E-state index contributed by atoms with van der Waals surface area (Å²) < 4.78 is 0. The summed E-state index contributed by atoms with van der Waals surface area (Å²) in [6.07, 6.45) is 6.83. The van der Waals surface area contributed by atoms with E-state index in [-0.39, 0.29) is 0 Å². The molecule has 2 unspecified atom stereocenters. The van der Waals surface area contributed by atoms with Crippen LogP contribution in [0.1, 0.15) is 52.4 Å². The van der Waals surface area contributed by atoms with Crippen molar-refractivity contribution in [3.63, 3.8) is 0 Å². The fourth-order valence-electron chi connectivity index (χ4n) is 2.27. The summed E-state index contributed by atoms with van der Waals surface area (Å²) in [5, 5.41) is 0. The minimum Gasteiger partial charge on any atom is -0.299 e. The molecular formula is C11H20O. The van der Waals surface area contributed by atoms with Crippen molar-refractivity contribution in [1.29, 1.82) is 0 Å². The van der Waals surface area contributed by atoms with Crippen LogP contribution in [0.5, 0.6) is 0 Å². The first kappa shape index (κ1) is 9.76. The van der Waals surface area contributed by atoms with Gasteiger partial charge in [-0.15, -0.1) is 0 Å². The van der Waals surface area contributed by atoms with Gasteiger partial charge in [0.1, 0.15) is 5.78 Å². The normalized spacial score (nSPS) is 27.2. The highest BCUT2D eigenvalue weighted by atomic mass is 16.1. The first-order chi connectivity index (χ1) is 5.75. The maximum atomic E-state index is 11.5. The third kappa shape index (κ3) is 2.33. The molecule has 0 aromatic heterocycles. The van der Waals surface area contributed by atoms with Crippen molar-refractivity contribution < 1.29 is 4.79 Å². The molecule has 0 saturated heterocycles. The third-order valence-electron chi connectivity index (χ3n) is 3.03. The quantitative estimate of drug-likeness (QED) is 0.632. The molecule has 1 fully saturated rings. The smallest absolute Gasteiger partial charge is 0.136 e. The van der Waals surface area contributed by atoms with Gasteiger partial charge >= 0.3 is 0 Å². The van der Waals surface area contributed by atoms with Gasteiger partial charge in [-0.05, 0) is 18.8 Å². The maximum Gasteiger partial charge on any atom is 0.136 e. The van der Waals surface area contributed by atoms with E-state index in [1.54, 1.807) is 0 Å². The SMILES string of the molecule is CCCC(C)C1CCCCC1=O. The minimum absolute atomic E-state index is 0.402. The van der Waals surface area contributed by atoms with E-state index in [4.69, 9.17) is 0 Å². The largest absolute Gasteiger partial charge is 0.299 e. The summed E-state index contributed by atoms with van der Waals surface area (Å²) in [6, 6.07) is 0. The summed E-state index contributed by atoms with van der Waals surface area (Å²) in [5.41, 5.74) is 0. The molecule has 0 aromatic rings. The van der Waals surface area contributed by atoms with E-state index in [1.807, 2.05) is 0 Å². The van der Waals surface area contributed by atoms with Crippen LogP contribution in [-0.4, -0.2) is 5.78 Å². The lowest BCUT2D eigenvalue weighted by Crippen LogP contribution is -2.25. The number of carbonyl (C=O) groups excluding carboxylic acids is 1. The molecule has 0 aromatic carbocycles. The first-order valence-electron chi connectivity index (χ1n) is 5.28. The Bertz CT molecular complexity index is 151. The van der Waals surface area contributed by atoms with Gasteiger partial charge in [-0.1, -0.05) is 33.1 Å². The molecule has 0 radical (unpaired) electrons. The van der Waals surface area contributed by atoms with Gasteiger partial charge in [0.15, 0.2) is 0 Å². The number of rotatable bonds is 3. The lowest BCUT2D eigenvalue weighted by molar-refractivity contribution is -0.126. The van der Waals surface area contributed by atoms with Crippen LogP contribution < -0.4 is 0 Å². The van der Waals surface area contributed by atoms with E-state index in [0.717, 1.165) is 19.3 Å². The van der Waals surface area contributed by atoms with Crippen LogP contribution in [0.4, 0.5) is 0 Å². The molecule has 0 spiro atoms. The lowest BCUT2D eigenvalue weighted by Gasteiger charge is -2.25. The fourth-order valence-corrected chi connectivity index (χ4v) is 2.27. The molecule has 1 rings (SSSR count). The Hall–Kier alpha value is -0.330. The summed E-state index contributed by atoms with van der Waals surface area (Å²) in [7, 11) is 0. The molecule has 1 aliphatic carbocycles. The highest BCUT2D eigenvalue weighted by Gasteiger charge is 2.26. The average molecular weight is 168 g/mol. The molecule has 1 aliphatic rings. The molecule has 1 saturated carbocycles. The van der Waals surface area contributed by atoms with Gasteiger partial charge in [0.25, 0.3) is 0 Å². The highest BCUT2D eigenvalue weighted by molar-refractivity contribution is 5.81. The predicted octanol–water partition coefficient (Wildman–Crippen LogP) is 3.18. The number of hydrogen-bond donors (Lipinski definition) is 0. The Kier molecular flexibility index (Phi) is 3.77. The molecule has 1 heteroatoms. The zero-order valence-electron chi connectivity index (χ0n) is 8.31. The number of Topliss-reactive ketones (excluding diaryl/α,β-unsaturated/α-hetero) is 1. The third-order valence-corrected chi connectivity index (χ3v) is 3.03. The Morgan fingerprint density at radius 3 is 2.83 bits per heavy atom. The Morgan fingerprint density at radius 1 is 1.50 bits per heavy atom. The molecule has 12 heavy (non-hydrogen) atoms. The van der Waals surface area contributed by atoms with E-state index in [9.17, 15) is 4.79 Å². The first-order valence-corrected chi connectivity index (χ1v) is 5.28. The zero-order chi connectivity index (χ0) is 8.97. The maximum absolute atomic E-state index is 11.5. The van der Waals surface area contributed by atoms with Crippen molar-refractivity contribution in [3.05, 3.63) is 0 Å². The molecular weight excluding hydrogens is 148 g/mol. The zero-order valence-corrected chi connectivity index (χ0v) is 8.31. The number of carbonyl (C=O) groups is 1. The van der Waals surface area contributed by atoms with E-state index < -0.39 is 0 Å². The summed E-state index contributed by atoms with van der Waals surface area (Å²) in [5.74, 6) is 1.56. The van der Waals surface area contributed by atoms with Crippen molar-refractivity contribution in [2.45, 2.75) is 52.4 Å². The van der Waals surface area contributed by atoms with Crippen LogP contribution in [0, 0.1) is 11.8 Å². The van der Waals surface area contributed by atoms with Gasteiger partial charge in [0.2, 0.25) is 0 Å². The molecule has 1 nitrogen and oxygen atoms in total. The van der Waals surface area contributed by atoms with Crippen LogP contribution in [-0.2, 0) is 4.79 Å². The summed E-state index contributed by atoms with van der Waals surface area (Å²) in [4.78, 5) is 11.5. The lowest BCUT2D eigenvalue weighted by atomic mass is 9.78. The second kappa shape index (κ2) is 4.64. The van der Waals surface area contributed by atoms with E-state index in [1.165, 1.54) is 19.3 Å². The van der Waals surface area contributed by atoms with Crippen molar-refractivity contribution in [2.24, 2.45) is 11.8 Å². The molecule has 0 bridgehead atoms. The topological polar surface area (TPSA) is 17.1 Å².